The van der Waals surface area contributed by atoms with Crippen molar-refractivity contribution in [3.63, 3.8) is 0 Å². The molecule has 15 heavy (non-hydrogen) atoms. The summed E-state index contributed by atoms with van der Waals surface area (Å²) in [5.41, 5.74) is 3.39. The minimum atomic E-state index is 0.197. The fourth-order valence-corrected chi connectivity index (χ4v) is 3.64. The van der Waals surface area contributed by atoms with Crippen LogP contribution in [0.25, 0.3) is 0 Å². The van der Waals surface area contributed by atoms with Crippen molar-refractivity contribution in [2.75, 3.05) is 0 Å². The highest BCUT2D eigenvalue weighted by Gasteiger charge is 2.34. The largest absolute Gasteiger partial charge is 0.197 e. The van der Waals surface area contributed by atoms with Crippen molar-refractivity contribution < 1.29 is 3.96 Å². The van der Waals surface area contributed by atoms with Crippen molar-refractivity contribution in [3.8, 4) is 0 Å². The second-order valence-corrected chi connectivity index (χ2v) is 7.48. The van der Waals surface area contributed by atoms with Gasteiger partial charge in [0, 0.05) is 33.3 Å². The highest BCUT2D eigenvalue weighted by atomic mass is 32.1. The van der Waals surface area contributed by atoms with Gasteiger partial charge in [0.15, 0.2) is 11.2 Å². The minimum absolute atomic E-state index is 0.197. The fraction of sp³-hybridized carbons (Fsp3) is 0.769. The molecule has 0 aliphatic carbocycles. The predicted octanol–water partition coefficient (Wildman–Crippen LogP) is 3.70. The number of nitrogens with zero attached hydrogens (tertiary/aromatic N) is 1. The summed E-state index contributed by atoms with van der Waals surface area (Å²) in [7, 11) is 0. The third kappa shape index (κ3) is 2.41. The molecule has 0 aliphatic heterocycles. The van der Waals surface area contributed by atoms with Crippen LogP contribution in [0.5, 0.6) is 0 Å². The maximum atomic E-state index is 2.43. The number of hydrogen-bond donors (Lipinski definition) is 0. The Balaban J connectivity index is 3.41. The Kier molecular flexibility index (Phi) is 3.03. The molecule has 0 atom stereocenters. The first kappa shape index (κ1) is 12.7. The molecule has 0 N–H and O–H groups in total. The predicted molar refractivity (Wildman–Crippen MR) is 67.7 cm³/mol. The van der Waals surface area contributed by atoms with Gasteiger partial charge in [-0.25, -0.2) is 0 Å². The lowest BCUT2D eigenvalue weighted by Gasteiger charge is -2.18. The van der Waals surface area contributed by atoms with Crippen molar-refractivity contribution in [1.29, 1.82) is 0 Å². The van der Waals surface area contributed by atoms with Crippen molar-refractivity contribution >= 4 is 11.5 Å². The van der Waals surface area contributed by atoms with Gasteiger partial charge in [0.1, 0.15) is 11.5 Å². The first-order valence-corrected chi connectivity index (χ1v) is 6.36. The van der Waals surface area contributed by atoms with Gasteiger partial charge >= 0.3 is 0 Å². The van der Waals surface area contributed by atoms with Crippen molar-refractivity contribution in [1.82, 2.24) is 0 Å². The first-order chi connectivity index (χ1) is 6.55. The summed E-state index contributed by atoms with van der Waals surface area (Å²) in [4.78, 5) is 1.45. The van der Waals surface area contributed by atoms with Gasteiger partial charge < -0.3 is 0 Å². The van der Waals surface area contributed by atoms with Gasteiger partial charge in [0.2, 0.25) is 0 Å². The van der Waals surface area contributed by atoms with Crippen LogP contribution in [-0.2, 0) is 11.0 Å². The maximum Gasteiger partial charge on any atom is 0.197 e. The molecule has 1 heterocycles. The van der Waals surface area contributed by atoms with E-state index in [0.717, 1.165) is 0 Å². The Morgan fingerprint density at radius 1 is 0.933 bits per heavy atom. The van der Waals surface area contributed by atoms with Crippen LogP contribution in [0.3, 0.4) is 0 Å². The van der Waals surface area contributed by atoms with Crippen LogP contribution in [0.4, 0.5) is 0 Å². The molecule has 0 radical (unpaired) electrons. The van der Waals surface area contributed by atoms with Crippen LogP contribution >= 0.6 is 11.5 Å². The van der Waals surface area contributed by atoms with Gasteiger partial charge in [-0.2, -0.15) is 0 Å². The Bertz CT molecular complexity index is 361. The number of aryl methyl sites for hydroxylation is 1. The lowest BCUT2D eigenvalue weighted by Crippen LogP contribution is -2.49. The summed E-state index contributed by atoms with van der Waals surface area (Å²) in [5.74, 6) is 0. The smallest absolute Gasteiger partial charge is 0.134 e. The normalized spacial score (nSPS) is 13.3. The Morgan fingerprint density at radius 2 is 1.40 bits per heavy atom. The van der Waals surface area contributed by atoms with Gasteiger partial charge in [-0.3, -0.25) is 0 Å². The molecule has 0 unspecified atom stereocenters. The fourth-order valence-electron chi connectivity index (χ4n) is 2.32. The van der Waals surface area contributed by atoms with Gasteiger partial charge in [-0.15, -0.1) is 3.96 Å². The van der Waals surface area contributed by atoms with Gasteiger partial charge in [0.25, 0.3) is 0 Å². The zero-order chi connectivity index (χ0) is 12.0. The van der Waals surface area contributed by atoms with E-state index in [2.05, 4.69) is 59.3 Å². The zero-order valence-corrected chi connectivity index (χ0v) is 12.2. The highest BCUT2D eigenvalue weighted by molar-refractivity contribution is 7.01. The first-order valence-electron chi connectivity index (χ1n) is 5.58. The van der Waals surface area contributed by atoms with E-state index in [0.29, 0.717) is 0 Å². The topological polar surface area (TPSA) is 3.88 Å². The van der Waals surface area contributed by atoms with E-state index in [-0.39, 0.29) is 11.0 Å². The molecule has 0 saturated heterocycles. The minimum Gasteiger partial charge on any atom is -0.134 e. The van der Waals surface area contributed by atoms with E-state index in [4.69, 9.17) is 0 Å². The number of rotatable bonds is 0. The summed E-state index contributed by atoms with van der Waals surface area (Å²) >= 11 is 1.89. The molecule has 2 heteroatoms. The molecular weight excluding hydrogens is 202 g/mol. The molecule has 0 saturated carbocycles. The van der Waals surface area contributed by atoms with E-state index in [1.54, 1.807) is 0 Å². The van der Waals surface area contributed by atoms with Crippen molar-refractivity contribution in [3.05, 3.63) is 16.1 Å². The molecule has 0 aliphatic rings. The van der Waals surface area contributed by atoms with Crippen LogP contribution in [-0.4, -0.2) is 0 Å². The lowest BCUT2D eigenvalue weighted by molar-refractivity contribution is -0.697. The summed E-state index contributed by atoms with van der Waals surface area (Å²) in [6, 6.07) is 0. The van der Waals surface area contributed by atoms with E-state index in [9.17, 15) is 0 Å². The standard InChI is InChI=1S/C13H24NS/c1-9-11(12(3,4)5)10(2)15-14(9)13(6,7)8/h1-8H3/q+1. The summed E-state index contributed by atoms with van der Waals surface area (Å²) < 4.78 is 2.43. The zero-order valence-electron chi connectivity index (χ0n) is 11.4. The average molecular weight is 226 g/mol. The molecule has 0 spiro atoms. The van der Waals surface area contributed by atoms with Gasteiger partial charge in [-0.1, -0.05) is 20.8 Å². The summed E-state index contributed by atoms with van der Waals surface area (Å²) in [6.45, 7) is 18.2. The molecule has 1 aromatic rings. The molecule has 0 amide bonds. The third-order valence-electron chi connectivity index (χ3n) is 2.61. The van der Waals surface area contributed by atoms with E-state index in [1.807, 2.05) is 11.5 Å². The lowest BCUT2D eigenvalue weighted by atomic mass is 9.86. The number of hydrogen-bond acceptors (Lipinski definition) is 1. The summed E-state index contributed by atoms with van der Waals surface area (Å²) in [5, 5.41) is 0. The molecular formula is C13H24NS+. The Hall–Kier alpha value is -0.370. The van der Waals surface area contributed by atoms with Gasteiger partial charge in [-0.05, 0) is 12.3 Å². The van der Waals surface area contributed by atoms with Crippen LogP contribution in [0, 0.1) is 13.8 Å². The molecule has 86 valence electrons. The quantitative estimate of drug-likeness (QED) is 0.594. The molecule has 0 aromatic carbocycles. The second kappa shape index (κ2) is 3.58. The van der Waals surface area contributed by atoms with Crippen LogP contribution < -0.4 is 3.96 Å². The highest BCUT2D eigenvalue weighted by Crippen LogP contribution is 2.31. The molecule has 1 rings (SSSR count). The average Bonchev–Trinajstić information content (AvgIpc) is 2.22. The van der Waals surface area contributed by atoms with E-state index >= 15 is 0 Å². The van der Waals surface area contributed by atoms with Gasteiger partial charge in [0.05, 0.1) is 4.88 Å². The molecule has 1 aromatic heterocycles. The third-order valence-corrected chi connectivity index (χ3v) is 4.09. The summed E-state index contributed by atoms with van der Waals surface area (Å²) in [6.07, 6.45) is 0. The van der Waals surface area contributed by atoms with Crippen LogP contribution in [0.2, 0.25) is 0 Å². The maximum absolute atomic E-state index is 2.43. The Labute approximate surface area is 98.3 Å². The SMILES string of the molecule is Cc1s[n+](C(C)(C)C)c(C)c1C(C)(C)C. The number of aromatic nitrogens is 1. The van der Waals surface area contributed by atoms with Crippen molar-refractivity contribution in [2.24, 2.45) is 0 Å². The Morgan fingerprint density at radius 3 is 1.60 bits per heavy atom. The molecule has 1 nitrogen and oxygen atoms in total. The van der Waals surface area contributed by atoms with E-state index < -0.39 is 0 Å². The van der Waals surface area contributed by atoms with Crippen molar-refractivity contribution in [2.45, 2.75) is 66.3 Å². The molecule has 0 fully saturated rings. The second-order valence-electron chi connectivity index (χ2n) is 6.32. The molecule has 0 bridgehead atoms. The van der Waals surface area contributed by atoms with Crippen LogP contribution in [0.15, 0.2) is 0 Å². The monoisotopic (exact) mass is 226 g/mol. The van der Waals surface area contributed by atoms with E-state index in [1.165, 1.54) is 16.1 Å². The van der Waals surface area contributed by atoms with Crippen LogP contribution in [0.1, 0.15) is 57.7 Å².